The van der Waals surface area contributed by atoms with Gasteiger partial charge in [-0.15, -0.1) is 0 Å². The molecule has 0 fully saturated rings. The average molecular weight is 280 g/mol. The van der Waals surface area contributed by atoms with Crippen molar-refractivity contribution in [3.05, 3.63) is 17.7 Å². The second-order valence-corrected chi connectivity index (χ2v) is 5.11. The van der Waals surface area contributed by atoms with E-state index >= 15 is 0 Å². The van der Waals surface area contributed by atoms with Gasteiger partial charge in [-0.3, -0.25) is 4.79 Å². The molecule has 0 bridgehead atoms. The molecule has 0 aliphatic heterocycles. The highest BCUT2D eigenvalue weighted by Gasteiger charge is 2.12. The standard InChI is InChI=1S/C15H24N2O3/c1-6-19-14-9-12(13(18)7-8-17(4)5)10-15(16-14)20-11(2)3/h9-11H,6-8H2,1-5H3. The molecule has 112 valence electrons. The average Bonchev–Trinajstić information content (AvgIpc) is 2.35. The third kappa shape index (κ3) is 5.57. The Morgan fingerprint density at radius 3 is 2.50 bits per heavy atom. The van der Waals surface area contributed by atoms with Crippen molar-refractivity contribution in [3.63, 3.8) is 0 Å². The first-order valence-electron chi connectivity index (χ1n) is 6.91. The molecule has 0 amide bonds. The maximum Gasteiger partial charge on any atom is 0.217 e. The smallest absolute Gasteiger partial charge is 0.217 e. The molecule has 0 aliphatic rings. The van der Waals surface area contributed by atoms with Crippen molar-refractivity contribution in [2.45, 2.75) is 33.3 Å². The first-order valence-corrected chi connectivity index (χ1v) is 6.91. The molecular formula is C15H24N2O3. The summed E-state index contributed by atoms with van der Waals surface area (Å²) in [5, 5.41) is 0. The molecule has 5 nitrogen and oxygen atoms in total. The van der Waals surface area contributed by atoms with Crippen LogP contribution in [-0.4, -0.2) is 49.0 Å². The molecule has 1 rings (SSSR count). The van der Waals surface area contributed by atoms with Crippen LogP contribution < -0.4 is 9.47 Å². The van der Waals surface area contributed by atoms with Crippen molar-refractivity contribution in [1.82, 2.24) is 9.88 Å². The number of ketones is 1. The molecule has 0 saturated heterocycles. The molecule has 20 heavy (non-hydrogen) atoms. The minimum atomic E-state index is 0.00380. The fourth-order valence-corrected chi connectivity index (χ4v) is 1.64. The van der Waals surface area contributed by atoms with Crippen LogP contribution >= 0.6 is 0 Å². The summed E-state index contributed by atoms with van der Waals surface area (Å²) in [7, 11) is 3.89. The van der Waals surface area contributed by atoms with Crippen molar-refractivity contribution >= 4 is 5.78 Å². The molecule has 0 aromatic carbocycles. The lowest BCUT2D eigenvalue weighted by Gasteiger charge is -2.13. The predicted molar refractivity (Wildman–Crippen MR) is 78.7 cm³/mol. The van der Waals surface area contributed by atoms with Gasteiger partial charge >= 0.3 is 0 Å². The lowest BCUT2D eigenvalue weighted by Crippen LogP contribution is -2.17. The van der Waals surface area contributed by atoms with Crippen molar-refractivity contribution < 1.29 is 14.3 Å². The number of Topliss-reactive ketones (excluding diaryl/α,β-unsaturated/α-hetero) is 1. The summed E-state index contributed by atoms with van der Waals surface area (Å²) in [6.45, 7) is 6.94. The van der Waals surface area contributed by atoms with Crippen molar-refractivity contribution in [2.24, 2.45) is 0 Å². The predicted octanol–water partition coefficient (Wildman–Crippen LogP) is 2.40. The van der Waals surface area contributed by atoms with Gasteiger partial charge in [-0.1, -0.05) is 0 Å². The van der Waals surface area contributed by atoms with Gasteiger partial charge in [0.15, 0.2) is 5.78 Å². The summed E-state index contributed by atoms with van der Waals surface area (Å²) in [5.41, 5.74) is 0.584. The second kappa shape index (κ2) is 7.85. The summed E-state index contributed by atoms with van der Waals surface area (Å²) in [6, 6.07) is 3.36. The summed E-state index contributed by atoms with van der Waals surface area (Å²) in [6.07, 6.45) is 0.466. The largest absolute Gasteiger partial charge is 0.478 e. The Balaban J connectivity index is 2.92. The SMILES string of the molecule is CCOc1cc(C(=O)CCN(C)C)cc(OC(C)C)n1. The van der Waals surface area contributed by atoms with E-state index in [0.717, 1.165) is 0 Å². The maximum atomic E-state index is 12.2. The van der Waals surface area contributed by atoms with Gasteiger partial charge in [-0.25, -0.2) is 0 Å². The minimum Gasteiger partial charge on any atom is -0.478 e. The zero-order chi connectivity index (χ0) is 15.1. The Morgan fingerprint density at radius 1 is 1.30 bits per heavy atom. The van der Waals surface area contributed by atoms with Gasteiger partial charge < -0.3 is 14.4 Å². The van der Waals surface area contributed by atoms with E-state index in [2.05, 4.69) is 4.98 Å². The second-order valence-electron chi connectivity index (χ2n) is 5.11. The number of nitrogens with zero attached hydrogens (tertiary/aromatic N) is 2. The Bertz CT molecular complexity index is 445. The van der Waals surface area contributed by atoms with E-state index in [4.69, 9.17) is 9.47 Å². The fraction of sp³-hybridized carbons (Fsp3) is 0.600. The summed E-state index contributed by atoms with van der Waals surface area (Å²) >= 11 is 0. The first-order chi connectivity index (χ1) is 9.42. The molecule has 0 spiro atoms. The number of rotatable bonds is 8. The summed E-state index contributed by atoms with van der Waals surface area (Å²) in [4.78, 5) is 18.4. The van der Waals surface area contributed by atoms with E-state index in [0.29, 0.717) is 36.9 Å². The summed E-state index contributed by atoms with van der Waals surface area (Å²) < 4.78 is 11.0. The van der Waals surface area contributed by atoms with Gasteiger partial charge in [0.1, 0.15) is 0 Å². The van der Waals surface area contributed by atoms with Crippen molar-refractivity contribution in [1.29, 1.82) is 0 Å². The van der Waals surface area contributed by atoms with Crippen LogP contribution in [0.15, 0.2) is 12.1 Å². The van der Waals surface area contributed by atoms with Crippen LogP contribution in [0.4, 0.5) is 0 Å². The van der Waals surface area contributed by atoms with Crippen molar-refractivity contribution in [2.75, 3.05) is 27.2 Å². The molecule has 0 aliphatic carbocycles. The summed E-state index contributed by atoms with van der Waals surface area (Å²) in [5.74, 6) is 0.925. The monoisotopic (exact) mass is 280 g/mol. The normalized spacial score (nSPS) is 10.9. The number of pyridine rings is 1. The van der Waals surface area contributed by atoms with Gasteiger partial charge in [0.05, 0.1) is 12.7 Å². The molecule has 1 heterocycles. The van der Waals surface area contributed by atoms with E-state index in [9.17, 15) is 4.79 Å². The van der Waals surface area contributed by atoms with Crippen LogP contribution in [0.3, 0.4) is 0 Å². The Hall–Kier alpha value is -1.62. The lowest BCUT2D eigenvalue weighted by molar-refractivity contribution is 0.0971. The first kappa shape index (κ1) is 16.4. The zero-order valence-electron chi connectivity index (χ0n) is 13.0. The van der Waals surface area contributed by atoms with E-state index in [-0.39, 0.29) is 11.9 Å². The highest BCUT2D eigenvalue weighted by atomic mass is 16.5. The zero-order valence-corrected chi connectivity index (χ0v) is 13.0. The highest BCUT2D eigenvalue weighted by molar-refractivity contribution is 5.96. The van der Waals surface area contributed by atoms with Crippen LogP contribution in [0.25, 0.3) is 0 Å². The molecule has 0 N–H and O–H groups in total. The van der Waals surface area contributed by atoms with Crippen LogP contribution in [0, 0.1) is 0 Å². The number of hydrogen-bond donors (Lipinski definition) is 0. The molecule has 1 aromatic heterocycles. The molecule has 0 atom stereocenters. The van der Waals surface area contributed by atoms with Gasteiger partial charge in [-0.05, 0) is 34.9 Å². The Labute approximate surface area is 120 Å². The Morgan fingerprint density at radius 2 is 1.95 bits per heavy atom. The van der Waals surface area contributed by atoms with Crippen LogP contribution in [-0.2, 0) is 0 Å². The van der Waals surface area contributed by atoms with E-state index in [1.54, 1.807) is 12.1 Å². The highest BCUT2D eigenvalue weighted by Crippen LogP contribution is 2.20. The number of aromatic nitrogens is 1. The number of ether oxygens (including phenoxy) is 2. The van der Waals surface area contributed by atoms with Gasteiger partial charge in [0.25, 0.3) is 0 Å². The fourth-order valence-electron chi connectivity index (χ4n) is 1.64. The van der Waals surface area contributed by atoms with Crippen LogP contribution in [0.1, 0.15) is 37.6 Å². The van der Waals surface area contributed by atoms with Crippen molar-refractivity contribution in [3.8, 4) is 11.8 Å². The molecular weight excluding hydrogens is 256 g/mol. The van der Waals surface area contributed by atoms with E-state index in [1.165, 1.54) is 0 Å². The van der Waals surface area contributed by atoms with Crippen LogP contribution in [0.5, 0.6) is 11.8 Å². The molecule has 0 saturated carbocycles. The molecule has 0 unspecified atom stereocenters. The third-order valence-electron chi connectivity index (χ3n) is 2.54. The Kier molecular flexibility index (Phi) is 6.45. The van der Waals surface area contributed by atoms with Gasteiger partial charge in [-0.2, -0.15) is 4.98 Å². The topological polar surface area (TPSA) is 51.7 Å². The number of carbonyl (C=O) groups excluding carboxylic acids is 1. The quantitative estimate of drug-likeness (QED) is 0.684. The molecule has 0 radical (unpaired) electrons. The third-order valence-corrected chi connectivity index (χ3v) is 2.54. The van der Waals surface area contributed by atoms with E-state index < -0.39 is 0 Å². The molecule has 5 heteroatoms. The minimum absolute atomic E-state index is 0.00380. The number of hydrogen-bond acceptors (Lipinski definition) is 5. The number of carbonyl (C=O) groups is 1. The van der Waals surface area contributed by atoms with Gasteiger partial charge in [0.2, 0.25) is 11.8 Å². The van der Waals surface area contributed by atoms with E-state index in [1.807, 2.05) is 39.8 Å². The maximum absolute atomic E-state index is 12.2. The molecule has 1 aromatic rings. The lowest BCUT2D eigenvalue weighted by atomic mass is 10.1. The van der Waals surface area contributed by atoms with Crippen LogP contribution in [0.2, 0.25) is 0 Å². The van der Waals surface area contributed by atoms with Gasteiger partial charge in [0, 0.05) is 30.7 Å².